The van der Waals surface area contributed by atoms with Crippen LogP contribution >= 0.6 is 0 Å². The van der Waals surface area contributed by atoms with Gasteiger partial charge in [-0.05, 0) is 38.0 Å². The van der Waals surface area contributed by atoms with E-state index in [-0.39, 0.29) is 31.0 Å². The fourth-order valence-electron chi connectivity index (χ4n) is 2.27. The van der Waals surface area contributed by atoms with E-state index in [9.17, 15) is 18.7 Å². The largest absolute Gasteiger partial charge is 0.396 e. The second-order valence-electron chi connectivity index (χ2n) is 6.01. The Morgan fingerprint density at radius 2 is 2.08 bits per heavy atom. The first-order valence-electron chi connectivity index (χ1n) is 7.77. The predicted octanol–water partition coefficient (Wildman–Crippen LogP) is 2.32. The third-order valence-corrected chi connectivity index (χ3v) is 3.75. The molecule has 2 N–H and O–H groups in total. The second-order valence-corrected chi connectivity index (χ2v) is 6.01. The Kier molecular flexibility index (Phi) is 6.03. The highest BCUT2D eigenvalue weighted by Crippen LogP contribution is 2.13. The van der Waals surface area contributed by atoms with Crippen LogP contribution in [-0.2, 0) is 6.42 Å². The van der Waals surface area contributed by atoms with Crippen molar-refractivity contribution in [1.82, 2.24) is 14.9 Å². The van der Waals surface area contributed by atoms with E-state index in [1.54, 1.807) is 12.5 Å². The van der Waals surface area contributed by atoms with Crippen molar-refractivity contribution in [2.75, 3.05) is 13.2 Å². The molecule has 0 radical (unpaired) electrons. The van der Waals surface area contributed by atoms with Gasteiger partial charge in [0.25, 0.3) is 5.91 Å². The molecule has 0 spiro atoms. The SMILES string of the molecule is CC(C)n1cnc(C(=O)NC[C@H](CO)Cc2ccc(F)c(F)c2)c1. The summed E-state index contributed by atoms with van der Waals surface area (Å²) in [5.74, 6) is -2.47. The number of hydrogen-bond acceptors (Lipinski definition) is 3. The van der Waals surface area contributed by atoms with E-state index in [4.69, 9.17) is 0 Å². The molecule has 0 saturated heterocycles. The molecular weight excluding hydrogens is 316 g/mol. The van der Waals surface area contributed by atoms with E-state index >= 15 is 0 Å². The van der Waals surface area contributed by atoms with E-state index in [0.717, 1.165) is 12.1 Å². The summed E-state index contributed by atoms with van der Waals surface area (Å²) in [5.41, 5.74) is 0.861. The maximum absolute atomic E-state index is 13.2. The number of nitrogens with one attached hydrogen (secondary N) is 1. The van der Waals surface area contributed by atoms with Gasteiger partial charge in [-0.1, -0.05) is 6.07 Å². The number of aliphatic hydroxyl groups excluding tert-OH is 1. The lowest BCUT2D eigenvalue weighted by molar-refractivity contribution is 0.0935. The van der Waals surface area contributed by atoms with Gasteiger partial charge in [0.15, 0.2) is 11.6 Å². The summed E-state index contributed by atoms with van der Waals surface area (Å²) in [7, 11) is 0. The van der Waals surface area contributed by atoms with Crippen LogP contribution in [0, 0.1) is 17.6 Å². The van der Waals surface area contributed by atoms with Crippen molar-refractivity contribution >= 4 is 5.91 Å². The fraction of sp³-hybridized carbons (Fsp3) is 0.412. The minimum absolute atomic E-state index is 0.181. The molecule has 1 aromatic carbocycles. The predicted molar refractivity (Wildman–Crippen MR) is 85.6 cm³/mol. The van der Waals surface area contributed by atoms with Crippen molar-refractivity contribution in [1.29, 1.82) is 0 Å². The Hall–Kier alpha value is -2.28. The van der Waals surface area contributed by atoms with E-state index in [0.29, 0.717) is 17.7 Å². The van der Waals surface area contributed by atoms with Crippen LogP contribution in [0.4, 0.5) is 8.78 Å². The van der Waals surface area contributed by atoms with Crippen LogP contribution in [0.5, 0.6) is 0 Å². The summed E-state index contributed by atoms with van der Waals surface area (Å²) in [6.45, 7) is 3.99. The molecule has 2 aromatic rings. The highest BCUT2D eigenvalue weighted by molar-refractivity contribution is 5.92. The number of carbonyl (C=O) groups is 1. The van der Waals surface area contributed by atoms with Gasteiger partial charge in [0.1, 0.15) is 5.69 Å². The van der Waals surface area contributed by atoms with Gasteiger partial charge in [0, 0.05) is 31.3 Å². The molecule has 7 heteroatoms. The van der Waals surface area contributed by atoms with Gasteiger partial charge in [0.2, 0.25) is 0 Å². The average molecular weight is 337 g/mol. The van der Waals surface area contributed by atoms with Gasteiger partial charge in [-0.2, -0.15) is 0 Å². The number of amides is 1. The van der Waals surface area contributed by atoms with Gasteiger partial charge in [-0.15, -0.1) is 0 Å². The summed E-state index contributed by atoms with van der Waals surface area (Å²) < 4.78 is 28.0. The number of carbonyl (C=O) groups excluding carboxylic acids is 1. The number of aliphatic hydroxyl groups is 1. The topological polar surface area (TPSA) is 67.2 Å². The van der Waals surface area contributed by atoms with Gasteiger partial charge in [-0.25, -0.2) is 13.8 Å². The fourth-order valence-corrected chi connectivity index (χ4v) is 2.27. The lowest BCUT2D eigenvalue weighted by atomic mass is 10.00. The number of nitrogens with zero attached hydrogens (tertiary/aromatic N) is 2. The van der Waals surface area contributed by atoms with Gasteiger partial charge < -0.3 is 15.0 Å². The molecule has 1 aromatic heterocycles. The van der Waals surface area contributed by atoms with E-state index < -0.39 is 11.6 Å². The van der Waals surface area contributed by atoms with Gasteiger partial charge in [0.05, 0.1) is 6.33 Å². The molecular formula is C17H21F2N3O2. The smallest absolute Gasteiger partial charge is 0.271 e. The number of aromatic nitrogens is 2. The zero-order valence-corrected chi connectivity index (χ0v) is 13.7. The van der Waals surface area contributed by atoms with Crippen LogP contribution < -0.4 is 5.32 Å². The van der Waals surface area contributed by atoms with Crippen molar-refractivity contribution in [3.05, 3.63) is 53.6 Å². The van der Waals surface area contributed by atoms with Crippen LogP contribution in [-0.4, -0.2) is 33.7 Å². The van der Waals surface area contributed by atoms with Crippen molar-refractivity contribution in [2.24, 2.45) is 5.92 Å². The second kappa shape index (κ2) is 8.01. The summed E-state index contributed by atoms with van der Waals surface area (Å²) in [4.78, 5) is 16.1. The maximum Gasteiger partial charge on any atom is 0.271 e. The maximum atomic E-state index is 13.2. The van der Waals surface area contributed by atoms with Gasteiger partial charge in [-0.3, -0.25) is 4.79 Å². The van der Waals surface area contributed by atoms with Crippen molar-refractivity contribution < 1.29 is 18.7 Å². The molecule has 0 aliphatic carbocycles. The van der Waals surface area contributed by atoms with Gasteiger partial charge >= 0.3 is 0 Å². The summed E-state index contributed by atoms with van der Waals surface area (Å²) >= 11 is 0. The van der Waals surface area contributed by atoms with E-state index in [2.05, 4.69) is 10.3 Å². The highest BCUT2D eigenvalue weighted by Gasteiger charge is 2.15. The first-order chi connectivity index (χ1) is 11.4. The molecule has 5 nitrogen and oxygen atoms in total. The van der Waals surface area contributed by atoms with E-state index in [1.807, 2.05) is 18.4 Å². The zero-order valence-electron chi connectivity index (χ0n) is 13.7. The molecule has 0 aliphatic rings. The zero-order chi connectivity index (χ0) is 17.7. The third-order valence-electron chi connectivity index (χ3n) is 3.75. The van der Waals surface area contributed by atoms with Crippen LogP contribution in [0.25, 0.3) is 0 Å². The summed E-state index contributed by atoms with van der Waals surface area (Å²) in [6, 6.07) is 3.82. The third kappa shape index (κ3) is 4.61. The standard InChI is InChI=1S/C17H21F2N3O2/c1-11(2)22-8-16(21-10-22)17(24)20-7-13(9-23)5-12-3-4-14(18)15(19)6-12/h3-4,6,8,10-11,13,23H,5,7,9H2,1-2H3,(H,20,24)/t13-/m1/s1. The Morgan fingerprint density at radius 3 is 2.67 bits per heavy atom. The number of rotatable bonds is 7. The highest BCUT2D eigenvalue weighted by atomic mass is 19.2. The summed E-state index contributed by atoms with van der Waals surface area (Å²) in [6.07, 6.45) is 3.57. The van der Waals surface area contributed by atoms with Crippen LogP contribution in [0.1, 0.15) is 35.9 Å². The molecule has 1 amide bonds. The summed E-state index contributed by atoms with van der Waals surface area (Å²) in [5, 5.41) is 12.1. The minimum Gasteiger partial charge on any atom is -0.396 e. The normalized spacial score (nSPS) is 12.4. The molecule has 24 heavy (non-hydrogen) atoms. The van der Waals surface area contributed by atoms with E-state index in [1.165, 1.54) is 6.07 Å². The molecule has 0 fully saturated rings. The number of halogens is 2. The monoisotopic (exact) mass is 337 g/mol. The van der Waals surface area contributed by atoms with Crippen molar-refractivity contribution in [3.8, 4) is 0 Å². The lowest BCUT2D eigenvalue weighted by Gasteiger charge is -2.15. The Bertz CT molecular complexity index is 701. The molecule has 0 aliphatic heterocycles. The molecule has 2 rings (SSSR count). The average Bonchev–Trinajstić information content (AvgIpc) is 3.04. The van der Waals surface area contributed by atoms with Crippen molar-refractivity contribution in [2.45, 2.75) is 26.3 Å². The minimum atomic E-state index is -0.924. The Labute approximate surface area is 139 Å². The number of imidazole rings is 1. The van der Waals surface area contributed by atoms with Crippen LogP contribution in [0.2, 0.25) is 0 Å². The first kappa shape index (κ1) is 18.1. The Morgan fingerprint density at radius 1 is 1.33 bits per heavy atom. The Balaban J connectivity index is 1.92. The molecule has 0 bridgehead atoms. The molecule has 0 unspecified atom stereocenters. The molecule has 0 saturated carbocycles. The number of hydrogen-bond donors (Lipinski definition) is 2. The lowest BCUT2D eigenvalue weighted by Crippen LogP contribution is -2.32. The number of benzene rings is 1. The van der Waals surface area contributed by atoms with Crippen LogP contribution in [0.15, 0.2) is 30.7 Å². The molecule has 1 heterocycles. The van der Waals surface area contributed by atoms with Crippen LogP contribution in [0.3, 0.4) is 0 Å². The van der Waals surface area contributed by atoms with Crippen molar-refractivity contribution in [3.63, 3.8) is 0 Å². The first-order valence-corrected chi connectivity index (χ1v) is 7.77. The molecule has 1 atom stereocenters. The molecule has 130 valence electrons. The quantitative estimate of drug-likeness (QED) is 0.815.